The van der Waals surface area contributed by atoms with Gasteiger partial charge in [-0.1, -0.05) is 0 Å². The lowest BCUT2D eigenvalue weighted by atomic mass is 10.3. The molecular formula is C5H4BrF2NS. The lowest BCUT2D eigenvalue weighted by molar-refractivity contribution is 0.0133. The normalized spacial score (nSPS) is 12.0. The van der Waals surface area contributed by atoms with Gasteiger partial charge >= 0.3 is 0 Å². The van der Waals surface area contributed by atoms with Crippen molar-refractivity contribution < 1.29 is 8.78 Å². The molecule has 0 aliphatic rings. The van der Waals surface area contributed by atoms with Crippen LogP contribution < -0.4 is 0 Å². The Morgan fingerprint density at radius 3 is 2.50 bits per heavy atom. The number of halogens is 3. The lowest BCUT2D eigenvalue weighted by Gasteiger charge is -2.03. The van der Waals surface area contributed by atoms with Gasteiger partial charge < -0.3 is 0 Å². The smallest absolute Gasteiger partial charge is 0.228 e. The second-order valence-corrected chi connectivity index (χ2v) is 4.01. The first kappa shape index (κ1) is 8.07. The van der Waals surface area contributed by atoms with Crippen molar-refractivity contribution in [2.24, 2.45) is 0 Å². The van der Waals surface area contributed by atoms with Crippen molar-refractivity contribution in [2.45, 2.75) is 12.8 Å². The van der Waals surface area contributed by atoms with Crippen molar-refractivity contribution in [1.29, 1.82) is 0 Å². The van der Waals surface area contributed by atoms with Gasteiger partial charge in [0.1, 0.15) is 5.69 Å². The van der Waals surface area contributed by atoms with Crippen LogP contribution in [0.25, 0.3) is 0 Å². The molecule has 0 saturated heterocycles. The minimum absolute atomic E-state index is 0.177. The van der Waals surface area contributed by atoms with E-state index in [9.17, 15) is 8.78 Å². The van der Waals surface area contributed by atoms with Crippen molar-refractivity contribution in [3.63, 3.8) is 0 Å². The highest BCUT2D eigenvalue weighted by Crippen LogP contribution is 2.29. The van der Waals surface area contributed by atoms with Crippen LogP contribution >= 0.6 is 27.3 Å². The predicted octanol–water partition coefficient (Wildman–Crippen LogP) is 3.02. The largest absolute Gasteiger partial charge is 0.287 e. The summed E-state index contributed by atoms with van der Waals surface area (Å²) in [6.45, 7) is 0.828. The number of thiazole rings is 1. The van der Waals surface area contributed by atoms with E-state index in [-0.39, 0.29) is 5.69 Å². The standard InChI is InChI=1S/C5H4BrF2NS/c1-5(7,8)3-2-10-4(6)9-3/h2H,1H3. The van der Waals surface area contributed by atoms with Gasteiger partial charge in [0.15, 0.2) is 3.92 Å². The van der Waals surface area contributed by atoms with Gasteiger partial charge in [-0.3, -0.25) is 0 Å². The third-order valence-corrected chi connectivity index (χ3v) is 2.29. The first-order chi connectivity index (χ1) is 4.50. The Morgan fingerprint density at radius 2 is 2.30 bits per heavy atom. The molecule has 0 unspecified atom stereocenters. The Kier molecular flexibility index (Phi) is 2.05. The molecule has 0 fully saturated rings. The number of nitrogens with zero attached hydrogens (tertiary/aromatic N) is 1. The second kappa shape index (κ2) is 2.54. The SMILES string of the molecule is CC(F)(F)c1csc(Br)n1. The number of hydrogen-bond donors (Lipinski definition) is 0. The van der Waals surface area contributed by atoms with Gasteiger partial charge in [0, 0.05) is 12.3 Å². The summed E-state index contributed by atoms with van der Waals surface area (Å²) in [4.78, 5) is 3.57. The summed E-state index contributed by atoms with van der Waals surface area (Å²) < 4.78 is 25.3. The third kappa shape index (κ3) is 1.73. The van der Waals surface area contributed by atoms with Crippen molar-refractivity contribution in [3.05, 3.63) is 15.0 Å². The Labute approximate surface area is 69.2 Å². The Balaban J connectivity index is 2.96. The molecule has 0 aliphatic carbocycles. The first-order valence-corrected chi connectivity index (χ1v) is 4.17. The van der Waals surface area contributed by atoms with Crippen molar-refractivity contribution in [3.8, 4) is 0 Å². The minimum atomic E-state index is -2.82. The van der Waals surface area contributed by atoms with Gasteiger partial charge in [-0.15, -0.1) is 11.3 Å². The molecule has 0 radical (unpaired) electrons. The monoisotopic (exact) mass is 227 g/mol. The van der Waals surface area contributed by atoms with Crippen LogP contribution in [0.5, 0.6) is 0 Å². The molecule has 0 saturated carbocycles. The van der Waals surface area contributed by atoms with Crippen LogP contribution in [-0.4, -0.2) is 4.98 Å². The highest BCUT2D eigenvalue weighted by Gasteiger charge is 2.27. The molecule has 5 heteroatoms. The van der Waals surface area contributed by atoms with Crippen LogP contribution in [0.1, 0.15) is 12.6 Å². The number of alkyl halides is 2. The van der Waals surface area contributed by atoms with E-state index in [0.717, 1.165) is 18.3 Å². The molecule has 0 bridgehead atoms. The summed E-state index contributed by atoms with van der Waals surface area (Å²) in [6.07, 6.45) is 0. The van der Waals surface area contributed by atoms with Gasteiger partial charge in [-0.05, 0) is 15.9 Å². The van der Waals surface area contributed by atoms with Crippen molar-refractivity contribution in [1.82, 2.24) is 4.98 Å². The molecule has 1 aromatic rings. The van der Waals surface area contributed by atoms with E-state index < -0.39 is 5.92 Å². The maximum absolute atomic E-state index is 12.4. The van der Waals surface area contributed by atoms with Gasteiger partial charge in [0.25, 0.3) is 5.92 Å². The van der Waals surface area contributed by atoms with Crippen molar-refractivity contribution in [2.75, 3.05) is 0 Å². The lowest BCUT2D eigenvalue weighted by Crippen LogP contribution is -2.06. The second-order valence-electron chi connectivity index (χ2n) is 1.87. The van der Waals surface area contributed by atoms with E-state index in [1.54, 1.807) is 0 Å². The molecule has 1 aromatic heterocycles. The summed E-state index contributed by atoms with van der Waals surface area (Å²) in [5, 5.41) is 1.34. The molecule has 0 aromatic carbocycles. The fourth-order valence-electron chi connectivity index (χ4n) is 0.453. The van der Waals surface area contributed by atoms with Crippen LogP contribution in [-0.2, 0) is 5.92 Å². The average Bonchev–Trinajstić information content (AvgIpc) is 2.11. The van der Waals surface area contributed by atoms with E-state index in [2.05, 4.69) is 20.9 Å². The molecule has 0 amide bonds. The zero-order chi connectivity index (χ0) is 7.78. The van der Waals surface area contributed by atoms with E-state index in [4.69, 9.17) is 0 Å². The van der Waals surface area contributed by atoms with Gasteiger partial charge in [-0.25, -0.2) is 4.98 Å². The summed E-state index contributed by atoms with van der Waals surface area (Å²) >= 11 is 4.16. The summed E-state index contributed by atoms with van der Waals surface area (Å²) in [7, 11) is 0. The fourth-order valence-corrected chi connectivity index (χ4v) is 1.54. The fraction of sp³-hybridized carbons (Fsp3) is 0.400. The zero-order valence-electron chi connectivity index (χ0n) is 5.07. The summed E-state index contributed by atoms with van der Waals surface area (Å²) in [5.74, 6) is -2.82. The molecule has 0 atom stereocenters. The maximum atomic E-state index is 12.4. The number of aromatic nitrogens is 1. The predicted molar refractivity (Wildman–Crippen MR) is 39.4 cm³/mol. The maximum Gasteiger partial charge on any atom is 0.287 e. The van der Waals surface area contributed by atoms with Gasteiger partial charge in [0.2, 0.25) is 0 Å². The van der Waals surface area contributed by atoms with Crippen LogP contribution in [0.15, 0.2) is 9.30 Å². The van der Waals surface area contributed by atoms with Crippen molar-refractivity contribution >= 4 is 27.3 Å². The highest BCUT2D eigenvalue weighted by molar-refractivity contribution is 9.11. The van der Waals surface area contributed by atoms with Crippen LogP contribution in [0.2, 0.25) is 0 Å². The Bertz CT molecular complexity index is 230. The molecule has 1 heterocycles. The number of hydrogen-bond acceptors (Lipinski definition) is 2. The topological polar surface area (TPSA) is 12.9 Å². The molecule has 1 rings (SSSR count). The first-order valence-electron chi connectivity index (χ1n) is 2.49. The van der Waals surface area contributed by atoms with E-state index >= 15 is 0 Å². The average molecular weight is 228 g/mol. The van der Waals surface area contributed by atoms with Crippen LogP contribution in [0.4, 0.5) is 8.78 Å². The Hall–Kier alpha value is -0.0300. The molecule has 10 heavy (non-hydrogen) atoms. The molecule has 56 valence electrons. The highest BCUT2D eigenvalue weighted by atomic mass is 79.9. The quantitative estimate of drug-likeness (QED) is 0.719. The van der Waals surface area contributed by atoms with Gasteiger partial charge in [0.05, 0.1) is 0 Å². The van der Waals surface area contributed by atoms with E-state index in [1.165, 1.54) is 5.38 Å². The minimum Gasteiger partial charge on any atom is -0.228 e. The van der Waals surface area contributed by atoms with Gasteiger partial charge in [-0.2, -0.15) is 8.78 Å². The summed E-state index contributed by atoms with van der Waals surface area (Å²) in [6, 6.07) is 0. The molecule has 0 spiro atoms. The van der Waals surface area contributed by atoms with Crippen LogP contribution in [0, 0.1) is 0 Å². The van der Waals surface area contributed by atoms with E-state index in [0.29, 0.717) is 3.92 Å². The third-order valence-electron chi connectivity index (χ3n) is 0.926. The molecular weight excluding hydrogens is 224 g/mol. The summed E-state index contributed by atoms with van der Waals surface area (Å²) in [5.41, 5.74) is -0.177. The van der Waals surface area contributed by atoms with E-state index in [1.807, 2.05) is 0 Å². The molecule has 0 aliphatic heterocycles. The number of rotatable bonds is 1. The molecule has 1 nitrogen and oxygen atoms in total. The Morgan fingerprint density at radius 1 is 1.70 bits per heavy atom. The zero-order valence-corrected chi connectivity index (χ0v) is 7.47. The molecule has 0 N–H and O–H groups in total. The van der Waals surface area contributed by atoms with Crippen LogP contribution in [0.3, 0.4) is 0 Å².